The number of amides is 1. The largest absolute Gasteiger partial charge is 0.395 e. The van der Waals surface area contributed by atoms with Crippen LogP contribution in [0.25, 0.3) is 0 Å². The minimum absolute atomic E-state index is 0.0226. The maximum absolute atomic E-state index is 12.1. The predicted molar refractivity (Wildman–Crippen MR) is 85.2 cm³/mol. The summed E-state index contributed by atoms with van der Waals surface area (Å²) in [5.41, 5.74) is 1.38. The molecule has 0 atom stereocenters. The van der Waals surface area contributed by atoms with E-state index in [4.69, 9.17) is 16.7 Å². The number of hydrogen-bond acceptors (Lipinski definition) is 2. The summed E-state index contributed by atoms with van der Waals surface area (Å²) < 4.78 is 0. The van der Waals surface area contributed by atoms with Gasteiger partial charge in [0.2, 0.25) is 5.91 Å². The van der Waals surface area contributed by atoms with E-state index in [1.807, 2.05) is 0 Å². The van der Waals surface area contributed by atoms with E-state index in [1.165, 1.54) is 12.8 Å². The first-order valence-electron chi connectivity index (χ1n) is 7.38. The average molecular weight is 306 g/mol. The maximum Gasteiger partial charge on any atom is 0.224 e. The Morgan fingerprint density at radius 3 is 2.86 bits per heavy atom. The standard InChI is InChI=1S/C17H20ClNO2/c18-15-9-8-14(7-3-4-10-20)16(12-15)19-17(21)11-13-5-1-2-6-13/h8-9,12-13,20H,1-2,4-6,10-11H2,(H,19,21). The molecular formula is C17H20ClNO2. The van der Waals surface area contributed by atoms with Crippen LogP contribution in [0.2, 0.25) is 5.02 Å². The highest BCUT2D eigenvalue weighted by molar-refractivity contribution is 6.31. The van der Waals surface area contributed by atoms with Gasteiger partial charge in [-0.3, -0.25) is 4.79 Å². The fraction of sp³-hybridized carbons (Fsp3) is 0.471. The van der Waals surface area contributed by atoms with E-state index in [0.717, 1.165) is 18.4 Å². The zero-order valence-electron chi connectivity index (χ0n) is 12.0. The molecule has 0 aliphatic heterocycles. The summed E-state index contributed by atoms with van der Waals surface area (Å²) in [5, 5.41) is 12.3. The van der Waals surface area contributed by atoms with E-state index in [0.29, 0.717) is 29.5 Å². The van der Waals surface area contributed by atoms with Crippen LogP contribution in [0.5, 0.6) is 0 Å². The van der Waals surface area contributed by atoms with Crippen molar-refractivity contribution in [1.82, 2.24) is 0 Å². The lowest BCUT2D eigenvalue weighted by Crippen LogP contribution is -2.15. The highest BCUT2D eigenvalue weighted by Crippen LogP contribution is 2.28. The molecule has 0 saturated heterocycles. The van der Waals surface area contributed by atoms with Gasteiger partial charge in [-0.1, -0.05) is 36.3 Å². The van der Waals surface area contributed by atoms with Crippen molar-refractivity contribution in [2.75, 3.05) is 11.9 Å². The third-order valence-corrected chi connectivity index (χ3v) is 3.90. The monoisotopic (exact) mass is 305 g/mol. The summed E-state index contributed by atoms with van der Waals surface area (Å²) >= 11 is 5.99. The molecular weight excluding hydrogens is 286 g/mol. The minimum Gasteiger partial charge on any atom is -0.395 e. The Hall–Kier alpha value is -1.50. The number of hydrogen-bond donors (Lipinski definition) is 2. The Labute approximate surface area is 130 Å². The van der Waals surface area contributed by atoms with Crippen molar-refractivity contribution in [2.24, 2.45) is 5.92 Å². The molecule has 2 N–H and O–H groups in total. The van der Waals surface area contributed by atoms with E-state index in [2.05, 4.69) is 17.2 Å². The Kier molecular flexibility index (Phi) is 6.10. The zero-order valence-corrected chi connectivity index (χ0v) is 12.7. The molecule has 0 aromatic heterocycles. The van der Waals surface area contributed by atoms with Crippen molar-refractivity contribution in [3.8, 4) is 11.8 Å². The summed E-state index contributed by atoms with van der Waals surface area (Å²) in [6.45, 7) is 0.0317. The van der Waals surface area contributed by atoms with Gasteiger partial charge < -0.3 is 10.4 Å². The molecule has 1 saturated carbocycles. The van der Waals surface area contributed by atoms with E-state index in [1.54, 1.807) is 18.2 Å². The molecule has 0 heterocycles. The maximum atomic E-state index is 12.1. The topological polar surface area (TPSA) is 49.3 Å². The Morgan fingerprint density at radius 1 is 1.38 bits per heavy atom. The molecule has 1 aromatic carbocycles. The van der Waals surface area contributed by atoms with Crippen LogP contribution < -0.4 is 5.32 Å². The molecule has 4 heteroatoms. The summed E-state index contributed by atoms with van der Waals surface area (Å²) in [6, 6.07) is 5.26. The van der Waals surface area contributed by atoms with Gasteiger partial charge in [0.1, 0.15) is 0 Å². The first-order chi connectivity index (χ1) is 10.2. The lowest BCUT2D eigenvalue weighted by Gasteiger charge is -2.11. The van der Waals surface area contributed by atoms with Gasteiger partial charge in [-0.25, -0.2) is 0 Å². The van der Waals surface area contributed by atoms with Gasteiger partial charge in [0, 0.05) is 23.4 Å². The molecule has 2 rings (SSSR count). The van der Waals surface area contributed by atoms with Crippen molar-refractivity contribution in [3.05, 3.63) is 28.8 Å². The summed E-state index contributed by atoms with van der Waals surface area (Å²) in [7, 11) is 0. The predicted octanol–water partition coefficient (Wildman–Crippen LogP) is 3.59. The number of aliphatic hydroxyl groups is 1. The second-order valence-electron chi connectivity index (χ2n) is 5.37. The van der Waals surface area contributed by atoms with Crippen LogP contribution >= 0.6 is 11.6 Å². The third kappa shape index (κ3) is 5.08. The van der Waals surface area contributed by atoms with Crippen molar-refractivity contribution in [2.45, 2.75) is 38.5 Å². The van der Waals surface area contributed by atoms with Crippen molar-refractivity contribution >= 4 is 23.2 Å². The molecule has 0 bridgehead atoms. The van der Waals surface area contributed by atoms with E-state index < -0.39 is 0 Å². The SMILES string of the molecule is O=C(CC1CCCC1)Nc1cc(Cl)ccc1C#CCCO. The van der Waals surface area contributed by atoms with Crippen LogP contribution in [0.4, 0.5) is 5.69 Å². The number of benzene rings is 1. The second kappa shape index (κ2) is 8.07. The van der Waals surface area contributed by atoms with Gasteiger partial charge in [0.25, 0.3) is 0 Å². The van der Waals surface area contributed by atoms with Gasteiger partial charge in [-0.15, -0.1) is 0 Å². The number of nitrogens with one attached hydrogen (secondary N) is 1. The quantitative estimate of drug-likeness (QED) is 0.835. The van der Waals surface area contributed by atoms with E-state index in [-0.39, 0.29) is 12.5 Å². The van der Waals surface area contributed by atoms with E-state index >= 15 is 0 Å². The molecule has 1 aromatic rings. The van der Waals surface area contributed by atoms with Gasteiger partial charge >= 0.3 is 0 Å². The molecule has 1 amide bonds. The lowest BCUT2D eigenvalue weighted by atomic mass is 10.0. The first kappa shape index (κ1) is 15.9. The molecule has 112 valence electrons. The molecule has 1 aliphatic rings. The van der Waals surface area contributed by atoms with Gasteiger partial charge in [-0.2, -0.15) is 0 Å². The zero-order chi connectivity index (χ0) is 15.1. The molecule has 0 unspecified atom stereocenters. The number of carbonyl (C=O) groups excluding carboxylic acids is 1. The molecule has 0 radical (unpaired) electrons. The average Bonchev–Trinajstić information content (AvgIpc) is 2.94. The van der Waals surface area contributed by atoms with Crippen molar-refractivity contribution in [1.29, 1.82) is 0 Å². The fourth-order valence-corrected chi connectivity index (χ4v) is 2.79. The van der Waals surface area contributed by atoms with Crippen LogP contribution in [-0.4, -0.2) is 17.6 Å². The second-order valence-corrected chi connectivity index (χ2v) is 5.80. The van der Waals surface area contributed by atoms with Gasteiger partial charge in [0.15, 0.2) is 0 Å². The van der Waals surface area contributed by atoms with Crippen molar-refractivity contribution in [3.63, 3.8) is 0 Å². The smallest absolute Gasteiger partial charge is 0.224 e. The number of halogens is 1. The van der Waals surface area contributed by atoms with Crippen LogP contribution in [0, 0.1) is 17.8 Å². The molecule has 0 spiro atoms. The summed E-state index contributed by atoms with van der Waals surface area (Å²) in [6.07, 6.45) is 5.73. The lowest BCUT2D eigenvalue weighted by molar-refractivity contribution is -0.117. The van der Waals surface area contributed by atoms with Crippen LogP contribution in [-0.2, 0) is 4.79 Å². The number of carbonyl (C=O) groups is 1. The normalized spacial score (nSPS) is 14.6. The van der Waals surface area contributed by atoms with Crippen molar-refractivity contribution < 1.29 is 9.90 Å². The number of anilines is 1. The minimum atomic E-state index is 0.0226. The fourth-order valence-electron chi connectivity index (χ4n) is 2.62. The third-order valence-electron chi connectivity index (χ3n) is 3.66. The highest BCUT2D eigenvalue weighted by atomic mass is 35.5. The van der Waals surface area contributed by atoms with Gasteiger partial charge in [0.05, 0.1) is 12.3 Å². The summed E-state index contributed by atoms with van der Waals surface area (Å²) in [4.78, 5) is 12.1. The van der Waals surface area contributed by atoms with Crippen LogP contribution in [0.15, 0.2) is 18.2 Å². The number of aliphatic hydroxyl groups excluding tert-OH is 1. The molecule has 3 nitrogen and oxygen atoms in total. The number of rotatable bonds is 4. The van der Waals surface area contributed by atoms with Crippen LogP contribution in [0.3, 0.4) is 0 Å². The molecule has 1 aliphatic carbocycles. The molecule has 21 heavy (non-hydrogen) atoms. The Balaban J connectivity index is 2.05. The molecule has 1 fully saturated rings. The van der Waals surface area contributed by atoms with Crippen LogP contribution in [0.1, 0.15) is 44.1 Å². The highest BCUT2D eigenvalue weighted by Gasteiger charge is 2.18. The Bertz CT molecular complexity index is 554. The van der Waals surface area contributed by atoms with Gasteiger partial charge in [-0.05, 0) is 37.0 Å². The summed E-state index contributed by atoms with van der Waals surface area (Å²) in [5.74, 6) is 6.35. The first-order valence-corrected chi connectivity index (χ1v) is 7.76. The van der Waals surface area contributed by atoms with E-state index in [9.17, 15) is 4.79 Å². The Morgan fingerprint density at radius 2 is 2.14 bits per heavy atom.